The molecule has 20 heteroatoms. The average Bonchev–Trinajstić information content (AvgIpc) is 3.26. The van der Waals surface area contributed by atoms with Crippen LogP contribution < -0.4 is 0 Å². The molecule has 0 saturated carbocycles. The summed E-state index contributed by atoms with van der Waals surface area (Å²) in [6.07, 6.45) is 8.82. The van der Waals surface area contributed by atoms with Crippen molar-refractivity contribution in [2.24, 2.45) is 10.8 Å². The first-order chi connectivity index (χ1) is 31.4. The second-order valence-electron chi connectivity index (χ2n) is 17.4. The predicted octanol–water partition coefficient (Wildman–Crippen LogP) is 4.84. The van der Waals surface area contributed by atoms with Crippen molar-refractivity contribution >= 4 is 35.8 Å². The van der Waals surface area contributed by atoms with Crippen LogP contribution in [0.4, 0.5) is 0 Å². The van der Waals surface area contributed by atoms with Crippen LogP contribution >= 0.6 is 0 Å². The molecule has 0 spiro atoms. The van der Waals surface area contributed by atoms with Crippen LogP contribution in [0.2, 0.25) is 0 Å². The Hall–Kier alpha value is -3.50. The van der Waals surface area contributed by atoms with Gasteiger partial charge in [0.15, 0.2) is 0 Å². The Bertz CT molecular complexity index is 1170. The van der Waals surface area contributed by atoms with Crippen molar-refractivity contribution < 1.29 is 99.5 Å². The number of aliphatic carboxylic acids is 6. The van der Waals surface area contributed by atoms with E-state index < -0.39 is 97.5 Å². The topological polar surface area (TPSA) is 364 Å². The summed E-state index contributed by atoms with van der Waals surface area (Å²) in [6.45, 7) is -2.59. The molecule has 0 unspecified atom stereocenters. The van der Waals surface area contributed by atoms with E-state index in [1.807, 2.05) is 0 Å². The van der Waals surface area contributed by atoms with Gasteiger partial charge in [-0.25, -0.2) is 0 Å². The zero-order chi connectivity index (χ0) is 50.3. The Labute approximate surface area is 389 Å². The largest absolute Gasteiger partial charge is 0.481 e. The normalized spacial score (nSPS) is 12.1. The predicted molar refractivity (Wildman–Crippen MR) is 240 cm³/mol. The van der Waals surface area contributed by atoms with Crippen molar-refractivity contribution in [3.8, 4) is 0 Å². The van der Waals surface area contributed by atoms with E-state index in [-0.39, 0.29) is 77.4 Å². The zero-order valence-electron chi connectivity index (χ0n) is 39.1. The number of carbonyl (C=O) groups is 6. The van der Waals surface area contributed by atoms with Gasteiger partial charge in [-0.3, -0.25) is 28.8 Å². The Morgan fingerprint density at radius 1 is 0.288 bits per heavy atom. The number of unbranched alkanes of at least 4 members (excludes halogenated alkanes) is 12. The van der Waals surface area contributed by atoms with Crippen LogP contribution in [0.1, 0.15) is 180 Å². The van der Waals surface area contributed by atoms with Crippen molar-refractivity contribution in [1.82, 2.24) is 0 Å². The minimum atomic E-state index is -1.54. The summed E-state index contributed by atoms with van der Waals surface area (Å²) >= 11 is 0. The summed E-state index contributed by atoms with van der Waals surface area (Å²) in [5, 5.41) is 113. The van der Waals surface area contributed by atoms with Crippen LogP contribution in [0.15, 0.2) is 0 Å². The fourth-order valence-corrected chi connectivity index (χ4v) is 8.21. The van der Waals surface area contributed by atoms with Crippen molar-refractivity contribution in [1.29, 1.82) is 0 Å². The highest BCUT2D eigenvalue weighted by Gasteiger charge is 2.63. The van der Waals surface area contributed by atoms with E-state index >= 15 is 0 Å². The van der Waals surface area contributed by atoms with Crippen LogP contribution in [0, 0.1) is 10.8 Å². The molecule has 0 atom stereocenters. The van der Waals surface area contributed by atoms with Crippen LogP contribution in [0.3, 0.4) is 0 Å². The number of ether oxygens (including phenoxy) is 2. The molecule has 0 aliphatic carbocycles. The van der Waals surface area contributed by atoms with Gasteiger partial charge in [0, 0.05) is 51.7 Å². The first-order valence-corrected chi connectivity index (χ1v) is 23.6. The van der Waals surface area contributed by atoms with Gasteiger partial charge in [-0.1, -0.05) is 64.2 Å². The van der Waals surface area contributed by atoms with Gasteiger partial charge in [0.1, 0.15) is 0 Å². The van der Waals surface area contributed by atoms with E-state index in [1.165, 1.54) is 0 Å². The van der Waals surface area contributed by atoms with Crippen LogP contribution in [-0.4, -0.2) is 161 Å². The molecular formula is C46H84O20. The Balaban J connectivity index is 0. The molecule has 0 heterocycles. The van der Waals surface area contributed by atoms with Gasteiger partial charge in [0.25, 0.3) is 0 Å². The number of rotatable bonds is 46. The van der Waals surface area contributed by atoms with E-state index in [2.05, 4.69) is 0 Å². The molecule has 0 rings (SSSR count). The molecule has 66 heavy (non-hydrogen) atoms. The smallest absolute Gasteiger partial charge is 0.303 e. The monoisotopic (exact) mass is 957 g/mol. The summed E-state index contributed by atoms with van der Waals surface area (Å²) in [6, 6.07) is 0. The molecule has 388 valence electrons. The van der Waals surface area contributed by atoms with Crippen LogP contribution in [0.5, 0.6) is 0 Å². The Kier molecular flexibility index (Phi) is 37.6. The van der Waals surface area contributed by atoms with Gasteiger partial charge in [-0.15, -0.1) is 0 Å². The lowest BCUT2D eigenvalue weighted by atomic mass is 9.56. The third-order valence-electron chi connectivity index (χ3n) is 12.3. The summed E-state index contributed by atoms with van der Waals surface area (Å²) in [5.74, 6) is -5.64. The minimum Gasteiger partial charge on any atom is -0.481 e. The van der Waals surface area contributed by atoms with Gasteiger partial charge in [0.2, 0.25) is 0 Å². The maximum absolute atomic E-state index is 11.8. The number of hydrogen-bond donors (Lipinski definition) is 12. The summed E-state index contributed by atoms with van der Waals surface area (Å²) in [4.78, 5) is 67.8. The molecule has 12 N–H and O–H groups in total. The summed E-state index contributed by atoms with van der Waals surface area (Å²) in [5.41, 5.74) is -5.29. The lowest BCUT2D eigenvalue weighted by Gasteiger charge is -2.59. The molecule has 0 radical (unpaired) electrons. The van der Waals surface area contributed by atoms with Crippen molar-refractivity contribution in [3.63, 3.8) is 0 Å². The molecule has 0 aromatic rings. The van der Waals surface area contributed by atoms with E-state index in [4.69, 9.17) is 40.1 Å². The second kappa shape index (κ2) is 38.5. The highest BCUT2D eigenvalue weighted by atomic mass is 16.5. The SMILES string of the molecule is O=C(O)CCCCCOC(CCCCCC(=O)O)(CCCCCC(=O)O)C(CO)(CO)C(CCCCCC(=O)O)(CCCCCC(=O)O)OCCCCCC(=O)O.OCC(CO)(CO)CO. The van der Waals surface area contributed by atoms with Gasteiger partial charge >= 0.3 is 35.8 Å². The van der Waals surface area contributed by atoms with Gasteiger partial charge in [0.05, 0.1) is 61.7 Å². The van der Waals surface area contributed by atoms with Crippen LogP contribution in [0.25, 0.3) is 0 Å². The third kappa shape index (κ3) is 27.3. The zero-order valence-corrected chi connectivity index (χ0v) is 39.1. The molecule has 0 bridgehead atoms. The molecule has 0 saturated heterocycles. The van der Waals surface area contributed by atoms with Gasteiger partial charge in [-0.05, 0) is 77.0 Å². The van der Waals surface area contributed by atoms with Crippen LogP contribution in [-0.2, 0) is 38.2 Å². The highest BCUT2D eigenvalue weighted by molar-refractivity contribution is 5.68. The number of carboxylic acids is 6. The van der Waals surface area contributed by atoms with Crippen molar-refractivity contribution in [2.45, 2.75) is 191 Å². The standard InChI is InChI=1S/C41H72O16.C5H12O4/c42-31-39(32-43,40(25-13-1-7-19-33(44)45,26-14-2-8-20-34(46)47)56-29-17-5-11-23-37(52)53)41(27-15-3-9-21-35(48)49,28-16-4-10-22-36(50)51)57-30-18-6-12-24-38(54)55;6-1-5(2-7,3-8)4-9/h42-43H,1-32H2,(H,44,45)(H,46,47)(H,48,49)(H,50,51)(H,52,53)(H,54,55);6-9H,1-4H2. The van der Waals surface area contributed by atoms with E-state index in [9.17, 15) is 59.4 Å². The van der Waals surface area contributed by atoms with Gasteiger partial charge < -0.3 is 70.8 Å². The lowest BCUT2D eigenvalue weighted by Crippen LogP contribution is -2.68. The van der Waals surface area contributed by atoms with E-state index in [0.717, 1.165) is 0 Å². The van der Waals surface area contributed by atoms with E-state index in [1.54, 1.807) is 0 Å². The molecule has 0 aromatic heterocycles. The molecule has 0 aromatic carbocycles. The number of aliphatic hydroxyl groups excluding tert-OH is 6. The fraction of sp³-hybridized carbons (Fsp3) is 0.870. The quantitative estimate of drug-likeness (QED) is 0.0363. The third-order valence-corrected chi connectivity index (χ3v) is 12.3. The van der Waals surface area contributed by atoms with Gasteiger partial charge in [-0.2, -0.15) is 0 Å². The maximum atomic E-state index is 11.8. The summed E-state index contributed by atoms with van der Waals surface area (Å²) in [7, 11) is 0. The minimum absolute atomic E-state index is 0.0251. The first kappa shape index (κ1) is 64.6. The molecule has 0 aliphatic heterocycles. The molecule has 0 amide bonds. The van der Waals surface area contributed by atoms with Crippen molar-refractivity contribution in [2.75, 3.05) is 52.9 Å². The maximum Gasteiger partial charge on any atom is 0.303 e. The van der Waals surface area contributed by atoms with E-state index in [0.29, 0.717) is 116 Å². The van der Waals surface area contributed by atoms with Crippen molar-refractivity contribution in [3.05, 3.63) is 0 Å². The number of carboxylic acid groups (broad SMARTS) is 6. The molecule has 0 aliphatic rings. The lowest BCUT2D eigenvalue weighted by molar-refractivity contribution is -0.274. The first-order valence-electron chi connectivity index (χ1n) is 23.6. The number of aliphatic hydroxyl groups is 6. The molecular weight excluding hydrogens is 872 g/mol. The number of hydrogen-bond acceptors (Lipinski definition) is 14. The fourth-order valence-electron chi connectivity index (χ4n) is 8.21. The average molecular weight is 957 g/mol. The summed E-state index contributed by atoms with van der Waals surface area (Å²) < 4.78 is 13.9. The Morgan fingerprint density at radius 2 is 0.500 bits per heavy atom. The highest BCUT2D eigenvalue weighted by Crippen LogP contribution is 2.55. The molecule has 20 nitrogen and oxygen atoms in total. The Morgan fingerprint density at radius 3 is 0.667 bits per heavy atom. The second-order valence-corrected chi connectivity index (χ2v) is 17.4. The molecule has 0 fully saturated rings.